The number of ether oxygens (including phenoxy) is 2. The topological polar surface area (TPSA) is 64.6 Å². The lowest BCUT2D eigenvalue weighted by atomic mass is 10.1. The van der Waals surface area contributed by atoms with Crippen LogP contribution in [0.25, 0.3) is 0 Å². The molecule has 0 bridgehead atoms. The maximum absolute atomic E-state index is 11.7. The van der Waals surface area contributed by atoms with E-state index in [4.69, 9.17) is 9.47 Å². The number of hydrogen-bond acceptors (Lipinski definition) is 4. The van der Waals surface area contributed by atoms with Gasteiger partial charge in [0.1, 0.15) is 23.7 Å². The first kappa shape index (κ1) is 16.5. The van der Waals surface area contributed by atoms with Gasteiger partial charge in [0, 0.05) is 0 Å². The molecule has 20 heavy (non-hydrogen) atoms. The minimum absolute atomic E-state index is 0.584. The number of alkyl carbamates (subject to hydrolysis) is 1. The molecule has 0 spiro atoms. The van der Waals surface area contributed by atoms with Gasteiger partial charge < -0.3 is 19.6 Å². The molecule has 0 heterocycles. The Bertz CT molecular complexity index is 496. The fourth-order valence-corrected chi connectivity index (χ4v) is 1.91. The molecule has 0 aliphatic rings. The maximum atomic E-state index is 11.7. The minimum atomic E-state index is -0.785. The lowest BCUT2D eigenvalue weighted by Crippen LogP contribution is -2.35. The molecule has 110 valence electrons. The van der Waals surface area contributed by atoms with Crippen LogP contribution in [0.2, 0.25) is 0 Å². The van der Waals surface area contributed by atoms with Crippen molar-refractivity contribution < 1.29 is 19.1 Å². The summed E-state index contributed by atoms with van der Waals surface area (Å²) < 4.78 is 11.1. The van der Waals surface area contributed by atoms with Gasteiger partial charge in [-0.15, -0.1) is 0 Å². The third-order valence-electron chi connectivity index (χ3n) is 2.34. The molecule has 0 aromatic heterocycles. The summed E-state index contributed by atoms with van der Waals surface area (Å²) in [5, 5.41) is 2.51. The van der Waals surface area contributed by atoms with Crippen molar-refractivity contribution in [2.24, 2.45) is 0 Å². The normalized spacial score (nSPS) is 12.4. The third kappa shape index (κ3) is 4.85. The quantitative estimate of drug-likeness (QED) is 0.852. The van der Waals surface area contributed by atoms with E-state index in [1.165, 1.54) is 7.11 Å². The zero-order valence-electron chi connectivity index (χ0n) is 11.9. The second-order valence-electron chi connectivity index (χ2n) is 5.15. The summed E-state index contributed by atoms with van der Waals surface area (Å²) in [5.41, 5.74) is 0.000435. The monoisotopic (exact) mass is 343 g/mol. The van der Waals surface area contributed by atoms with Gasteiger partial charge in [-0.3, -0.25) is 0 Å². The standard InChI is InChI=1S/C14H18BrNO4/c1-14(2,3)20-13(18)16-11(8-17)9-5-6-10(15)12(7-9)19-4/h5-8,11H,1-4H3,(H,16,18). The summed E-state index contributed by atoms with van der Waals surface area (Å²) in [5.74, 6) is 0.584. The van der Waals surface area contributed by atoms with Crippen LogP contribution in [0.3, 0.4) is 0 Å². The van der Waals surface area contributed by atoms with E-state index >= 15 is 0 Å². The predicted molar refractivity (Wildman–Crippen MR) is 78.9 cm³/mol. The van der Waals surface area contributed by atoms with Gasteiger partial charge in [0.15, 0.2) is 0 Å². The number of aldehydes is 1. The van der Waals surface area contributed by atoms with Gasteiger partial charge in [-0.05, 0) is 54.4 Å². The van der Waals surface area contributed by atoms with Crippen molar-refractivity contribution in [2.45, 2.75) is 32.4 Å². The van der Waals surface area contributed by atoms with E-state index in [0.717, 1.165) is 4.47 Å². The maximum Gasteiger partial charge on any atom is 0.408 e. The van der Waals surface area contributed by atoms with E-state index in [1.807, 2.05) is 0 Å². The Labute approximate surface area is 126 Å². The summed E-state index contributed by atoms with van der Waals surface area (Å²) in [7, 11) is 1.53. The van der Waals surface area contributed by atoms with Crippen LogP contribution in [0.15, 0.2) is 22.7 Å². The molecule has 1 unspecified atom stereocenters. The number of nitrogens with one attached hydrogen (secondary N) is 1. The number of hydrogen-bond donors (Lipinski definition) is 1. The molecule has 0 fully saturated rings. The Hall–Kier alpha value is -1.56. The highest BCUT2D eigenvalue weighted by Gasteiger charge is 2.20. The Kier molecular flexibility index (Phi) is 5.56. The molecule has 1 amide bonds. The molecule has 6 heteroatoms. The zero-order chi connectivity index (χ0) is 15.3. The molecule has 0 aliphatic carbocycles. The Morgan fingerprint density at radius 1 is 1.40 bits per heavy atom. The molecule has 0 radical (unpaired) electrons. The Morgan fingerprint density at radius 2 is 2.05 bits per heavy atom. The molecule has 1 aromatic rings. The van der Waals surface area contributed by atoms with Crippen molar-refractivity contribution in [1.29, 1.82) is 0 Å². The average molecular weight is 344 g/mol. The molecule has 1 atom stereocenters. The highest BCUT2D eigenvalue weighted by atomic mass is 79.9. The fourth-order valence-electron chi connectivity index (χ4n) is 1.50. The van der Waals surface area contributed by atoms with Gasteiger partial charge in [0.05, 0.1) is 11.6 Å². The van der Waals surface area contributed by atoms with Crippen molar-refractivity contribution in [2.75, 3.05) is 7.11 Å². The van der Waals surface area contributed by atoms with E-state index in [-0.39, 0.29) is 0 Å². The van der Waals surface area contributed by atoms with Crippen LogP contribution in [0.4, 0.5) is 4.79 Å². The van der Waals surface area contributed by atoms with Crippen LogP contribution in [-0.4, -0.2) is 25.1 Å². The van der Waals surface area contributed by atoms with Crippen LogP contribution in [0.1, 0.15) is 32.4 Å². The average Bonchev–Trinajstić information content (AvgIpc) is 2.34. The number of amides is 1. The van der Waals surface area contributed by atoms with Crippen LogP contribution in [-0.2, 0) is 9.53 Å². The van der Waals surface area contributed by atoms with Gasteiger partial charge >= 0.3 is 6.09 Å². The molecule has 0 saturated carbocycles. The van der Waals surface area contributed by atoms with Gasteiger partial charge in [-0.2, -0.15) is 0 Å². The molecule has 1 rings (SSSR count). The van der Waals surface area contributed by atoms with Crippen molar-refractivity contribution in [3.8, 4) is 5.75 Å². The predicted octanol–water partition coefficient (Wildman–Crippen LogP) is 3.22. The van der Waals surface area contributed by atoms with Crippen molar-refractivity contribution in [1.82, 2.24) is 5.32 Å². The number of carbonyl (C=O) groups is 2. The second-order valence-corrected chi connectivity index (χ2v) is 6.01. The van der Waals surface area contributed by atoms with E-state index in [2.05, 4.69) is 21.2 Å². The summed E-state index contributed by atoms with van der Waals surface area (Å²) in [6.45, 7) is 5.27. The van der Waals surface area contributed by atoms with Gasteiger partial charge in [0.25, 0.3) is 0 Å². The Balaban J connectivity index is 2.86. The molecule has 0 aliphatic heterocycles. The SMILES string of the molecule is COc1cc(C(C=O)NC(=O)OC(C)(C)C)ccc1Br. The number of carbonyl (C=O) groups excluding carboxylic acids is 2. The summed E-state index contributed by atoms with van der Waals surface area (Å²) in [4.78, 5) is 22.9. The van der Waals surface area contributed by atoms with E-state index in [0.29, 0.717) is 17.6 Å². The molecule has 0 saturated heterocycles. The van der Waals surface area contributed by atoms with Crippen molar-refractivity contribution >= 4 is 28.3 Å². The fraction of sp³-hybridized carbons (Fsp3) is 0.429. The van der Waals surface area contributed by atoms with Gasteiger partial charge in [0.2, 0.25) is 0 Å². The van der Waals surface area contributed by atoms with Crippen molar-refractivity contribution in [3.63, 3.8) is 0 Å². The summed E-state index contributed by atoms with van der Waals surface area (Å²) in [6.07, 6.45) is 0.00329. The first-order chi connectivity index (χ1) is 9.26. The molecule has 5 nitrogen and oxygen atoms in total. The van der Waals surface area contributed by atoms with E-state index in [9.17, 15) is 9.59 Å². The Morgan fingerprint density at radius 3 is 2.55 bits per heavy atom. The van der Waals surface area contributed by atoms with Crippen molar-refractivity contribution in [3.05, 3.63) is 28.2 Å². The number of rotatable bonds is 4. The van der Waals surface area contributed by atoms with Crippen LogP contribution >= 0.6 is 15.9 Å². The lowest BCUT2D eigenvalue weighted by molar-refractivity contribution is -0.109. The largest absolute Gasteiger partial charge is 0.496 e. The van der Waals surface area contributed by atoms with E-state index in [1.54, 1.807) is 39.0 Å². The molecule has 1 aromatic carbocycles. The minimum Gasteiger partial charge on any atom is -0.496 e. The van der Waals surface area contributed by atoms with Gasteiger partial charge in [-0.1, -0.05) is 6.07 Å². The second kappa shape index (κ2) is 6.74. The molecular weight excluding hydrogens is 326 g/mol. The number of methoxy groups -OCH3 is 1. The summed E-state index contributed by atoms with van der Waals surface area (Å²) in [6, 6.07) is 4.37. The van der Waals surface area contributed by atoms with Crippen LogP contribution in [0.5, 0.6) is 5.75 Å². The third-order valence-corrected chi connectivity index (χ3v) is 3.00. The first-order valence-corrected chi connectivity index (χ1v) is 6.84. The van der Waals surface area contributed by atoms with E-state index < -0.39 is 17.7 Å². The highest BCUT2D eigenvalue weighted by Crippen LogP contribution is 2.27. The molecule has 1 N–H and O–H groups in total. The van der Waals surface area contributed by atoms with Gasteiger partial charge in [-0.25, -0.2) is 4.79 Å². The number of benzene rings is 1. The first-order valence-electron chi connectivity index (χ1n) is 6.05. The smallest absolute Gasteiger partial charge is 0.408 e. The summed E-state index contributed by atoms with van der Waals surface area (Å²) >= 11 is 3.33. The number of halogens is 1. The highest BCUT2D eigenvalue weighted by molar-refractivity contribution is 9.10. The van der Waals surface area contributed by atoms with Crippen LogP contribution in [0, 0.1) is 0 Å². The van der Waals surface area contributed by atoms with Crippen LogP contribution < -0.4 is 10.1 Å². The lowest BCUT2D eigenvalue weighted by Gasteiger charge is -2.21. The zero-order valence-corrected chi connectivity index (χ0v) is 13.5. The molecular formula is C14H18BrNO4.